The zero-order chi connectivity index (χ0) is 19.0. The number of benzene rings is 3. The van der Waals surface area contributed by atoms with Crippen LogP contribution in [0.15, 0.2) is 60.7 Å². The second-order valence-corrected chi connectivity index (χ2v) is 7.02. The third-order valence-corrected chi connectivity index (χ3v) is 5.02. The number of carbonyl (C=O) groups is 1. The molecule has 0 bridgehead atoms. The van der Waals surface area contributed by atoms with Gasteiger partial charge < -0.3 is 0 Å². The number of carbonyl (C=O) groups excluding carboxylic acids is 1. The van der Waals surface area contributed by atoms with Crippen molar-refractivity contribution in [3.05, 3.63) is 94.0 Å². The summed E-state index contributed by atoms with van der Waals surface area (Å²) in [6.07, 6.45) is 0.867. The smallest absolute Gasteiger partial charge is 0.150 e. The van der Waals surface area contributed by atoms with Crippen LogP contribution in [-0.2, 0) is 0 Å². The first-order valence-corrected chi connectivity index (χ1v) is 9.01. The molecule has 134 valence electrons. The molecule has 0 aliphatic rings. The van der Waals surface area contributed by atoms with Crippen LogP contribution >= 0.6 is 0 Å². The highest BCUT2D eigenvalue weighted by atomic mass is 16.1. The van der Waals surface area contributed by atoms with Gasteiger partial charge in [0.2, 0.25) is 0 Å². The number of rotatable bonds is 4. The van der Waals surface area contributed by atoms with Gasteiger partial charge in [0.05, 0.1) is 5.52 Å². The Morgan fingerprint density at radius 3 is 2.26 bits per heavy atom. The molecule has 1 heterocycles. The summed E-state index contributed by atoms with van der Waals surface area (Å²) in [4.78, 5) is 11.1. The highest BCUT2D eigenvalue weighted by molar-refractivity contribution is 5.76. The predicted molar refractivity (Wildman–Crippen MR) is 107 cm³/mol. The minimum Gasteiger partial charge on any atom is -0.298 e. The van der Waals surface area contributed by atoms with Crippen LogP contribution in [-0.4, -0.2) is 21.3 Å². The summed E-state index contributed by atoms with van der Waals surface area (Å²) in [5.41, 5.74) is 8.50. The molecule has 0 fully saturated rings. The van der Waals surface area contributed by atoms with Crippen molar-refractivity contribution in [2.24, 2.45) is 0 Å². The highest BCUT2D eigenvalue weighted by Crippen LogP contribution is 2.33. The summed E-state index contributed by atoms with van der Waals surface area (Å²) in [5.74, 6) is 0. The van der Waals surface area contributed by atoms with E-state index in [2.05, 4.69) is 43.2 Å². The average molecular weight is 355 g/mol. The Morgan fingerprint density at radius 2 is 1.59 bits per heavy atom. The maximum absolute atomic E-state index is 11.1. The van der Waals surface area contributed by atoms with E-state index in [-0.39, 0.29) is 6.04 Å². The van der Waals surface area contributed by atoms with Gasteiger partial charge in [-0.25, -0.2) is 4.68 Å². The van der Waals surface area contributed by atoms with Crippen LogP contribution in [0.1, 0.15) is 44.2 Å². The van der Waals surface area contributed by atoms with Crippen LogP contribution in [0.5, 0.6) is 0 Å². The summed E-state index contributed by atoms with van der Waals surface area (Å²) in [6.45, 7) is 6.39. The van der Waals surface area contributed by atoms with E-state index >= 15 is 0 Å². The third-order valence-electron chi connectivity index (χ3n) is 5.02. The van der Waals surface area contributed by atoms with Crippen molar-refractivity contribution in [2.75, 3.05) is 0 Å². The summed E-state index contributed by atoms with van der Waals surface area (Å²) in [6, 6.07) is 20.0. The van der Waals surface area contributed by atoms with Gasteiger partial charge >= 0.3 is 0 Å². The molecular formula is C23H21N3O. The zero-order valence-electron chi connectivity index (χ0n) is 15.7. The fourth-order valence-electron chi connectivity index (χ4n) is 3.89. The van der Waals surface area contributed by atoms with Crippen molar-refractivity contribution in [3.63, 3.8) is 0 Å². The monoisotopic (exact) mass is 355 g/mol. The topological polar surface area (TPSA) is 47.8 Å². The van der Waals surface area contributed by atoms with Gasteiger partial charge in [-0.05, 0) is 55.2 Å². The summed E-state index contributed by atoms with van der Waals surface area (Å²) >= 11 is 0. The van der Waals surface area contributed by atoms with Crippen LogP contribution in [0.25, 0.3) is 11.0 Å². The van der Waals surface area contributed by atoms with Crippen LogP contribution < -0.4 is 0 Å². The van der Waals surface area contributed by atoms with E-state index in [4.69, 9.17) is 0 Å². The molecule has 27 heavy (non-hydrogen) atoms. The van der Waals surface area contributed by atoms with Crippen LogP contribution in [0.2, 0.25) is 0 Å². The van der Waals surface area contributed by atoms with Gasteiger partial charge in [0.25, 0.3) is 0 Å². The molecule has 0 amide bonds. The first-order valence-electron chi connectivity index (χ1n) is 9.01. The van der Waals surface area contributed by atoms with E-state index in [1.165, 1.54) is 22.3 Å². The molecular weight excluding hydrogens is 334 g/mol. The van der Waals surface area contributed by atoms with Crippen LogP contribution in [0.4, 0.5) is 0 Å². The molecule has 1 atom stereocenters. The number of nitrogens with zero attached hydrogens (tertiary/aromatic N) is 3. The lowest BCUT2D eigenvalue weighted by Crippen LogP contribution is -2.17. The first kappa shape index (κ1) is 17.2. The highest BCUT2D eigenvalue weighted by Gasteiger charge is 2.23. The second-order valence-electron chi connectivity index (χ2n) is 7.02. The number of aromatic nitrogens is 3. The molecule has 0 aliphatic heterocycles. The molecule has 1 unspecified atom stereocenters. The Kier molecular flexibility index (Phi) is 4.32. The minimum atomic E-state index is -0.112. The van der Waals surface area contributed by atoms with Gasteiger partial charge in [0.15, 0.2) is 0 Å². The maximum atomic E-state index is 11.1. The first-order chi connectivity index (χ1) is 13.1. The zero-order valence-corrected chi connectivity index (χ0v) is 15.7. The number of hydrogen-bond acceptors (Lipinski definition) is 3. The third kappa shape index (κ3) is 3.04. The van der Waals surface area contributed by atoms with Crippen molar-refractivity contribution in [1.82, 2.24) is 15.0 Å². The Bertz CT molecular complexity index is 1100. The molecule has 4 nitrogen and oxygen atoms in total. The van der Waals surface area contributed by atoms with Crippen molar-refractivity contribution in [3.8, 4) is 0 Å². The Morgan fingerprint density at radius 1 is 0.926 bits per heavy atom. The van der Waals surface area contributed by atoms with E-state index in [1.807, 2.05) is 53.2 Å². The van der Waals surface area contributed by atoms with Crippen molar-refractivity contribution < 1.29 is 4.79 Å². The quantitative estimate of drug-likeness (QED) is 0.494. The maximum Gasteiger partial charge on any atom is 0.150 e. The molecule has 1 aromatic heterocycles. The molecule has 4 aromatic rings. The van der Waals surface area contributed by atoms with Gasteiger partial charge in [-0.3, -0.25) is 4.79 Å². The minimum absolute atomic E-state index is 0.112. The fourth-order valence-corrected chi connectivity index (χ4v) is 3.89. The molecule has 4 heteroatoms. The van der Waals surface area contributed by atoms with Gasteiger partial charge in [-0.1, -0.05) is 59.3 Å². The van der Waals surface area contributed by atoms with E-state index < -0.39 is 0 Å². The average Bonchev–Trinajstić information content (AvgIpc) is 3.08. The lowest BCUT2D eigenvalue weighted by Gasteiger charge is -2.23. The molecule has 0 saturated carbocycles. The summed E-state index contributed by atoms with van der Waals surface area (Å²) in [7, 11) is 0. The van der Waals surface area contributed by atoms with E-state index in [9.17, 15) is 4.79 Å². The van der Waals surface area contributed by atoms with Crippen LogP contribution in [0.3, 0.4) is 0 Å². The normalized spacial score (nSPS) is 12.3. The van der Waals surface area contributed by atoms with E-state index in [1.54, 1.807) is 0 Å². The number of hydrogen-bond donors (Lipinski definition) is 0. The number of para-hydroxylation sites is 1. The van der Waals surface area contributed by atoms with Gasteiger partial charge in [-0.2, -0.15) is 0 Å². The molecule has 0 saturated heterocycles. The Balaban J connectivity index is 1.99. The molecule has 3 aromatic carbocycles. The van der Waals surface area contributed by atoms with Gasteiger partial charge in [-0.15, -0.1) is 5.10 Å². The molecule has 0 aliphatic carbocycles. The number of aldehydes is 1. The molecule has 4 rings (SSSR count). The predicted octanol–water partition coefficient (Wildman–Crippen LogP) is 4.81. The van der Waals surface area contributed by atoms with Gasteiger partial charge in [0, 0.05) is 5.56 Å². The Hall–Kier alpha value is -3.27. The van der Waals surface area contributed by atoms with E-state index in [0.29, 0.717) is 5.56 Å². The van der Waals surface area contributed by atoms with E-state index in [0.717, 1.165) is 22.9 Å². The van der Waals surface area contributed by atoms with Crippen molar-refractivity contribution in [2.45, 2.75) is 26.8 Å². The largest absolute Gasteiger partial charge is 0.298 e. The van der Waals surface area contributed by atoms with Crippen molar-refractivity contribution >= 4 is 17.3 Å². The standard InChI is InChI=1S/C23H21N3O/c1-15-12-16(2)22(17(3)13-15)23(19-10-8-18(14-27)9-11-19)26-21-7-5-4-6-20(21)24-25-26/h4-14,23H,1-3H3. The Labute approximate surface area is 158 Å². The van der Waals surface area contributed by atoms with Gasteiger partial charge in [0.1, 0.15) is 17.8 Å². The summed E-state index contributed by atoms with van der Waals surface area (Å²) in [5, 5.41) is 8.85. The summed E-state index contributed by atoms with van der Waals surface area (Å²) < 4.78 is 1.98. The SMILES string of the molecule is Cc1cc(C)c(C(c2ccc(C=O)cc2)n2nnc3ccccc32)c(C)c1. The molecule has 0 spiro atoms. The number of aryl methyl sites for hydroxylation is 3. The fraction of sp³-hybridized carbons (Fsp3) is 0.174. The second kappa shape index (κ2) is 6.80. The molecule has 0 radical (unpaired) electrons. The lowest BCUT2D eigenvalue weighted by molar-refractivity contribution is 0.112. The lowest BCUT2D eigenvalue weighted by atomic mass is 9.89. The number of fused-ring (bicyclic) bond motifs is 1. The van der Waals surface area contributed by atoms with Crippen molar-refractivity contribution in [1.29, 1.82) is 0 Å². The molecule has 0 N–H and O–H groups in total. The van der Waals surface area contributed by atoms with Crippen LogP contribution in [0, 0.1) is 20.8 Å².